The average Bonchev–Trinajstić information content (AvgIpc) is 2.59. The number of benzene rings is 1. The van der Waals surface area contributed by atoms with E-state index >= 15 is 0 Å². The van der Waals surface area contributed by atoms with Crippen LogP contribution in [-0.2, 0) is 11.8 Å². The lowest BCUT2D eigenvalue weighted by atomic mass is 9.86. The van der Waals surface area contributed by atoms with E-state index in [1.54, 1.807) is 11.7 Å². The molecule has 1 amide bonds. The van der Waals surface area contributed by atoms with Crippen molar-refractivity contribution in [2.24, 2.45) is 7.05 Å². The van der Waals surface area contributed by atoms with Gasteiger partial charge in [0.25, 0.3) is 5.56 Å². The summed E-state index contributed by atoms with van der Waals surface area (Å²) in [5.41, 5.74) is 1.12. The van der Waals surface area contributed by atoms with Crippen molar-refractivity contribution in [3.05, 3.63) is 45.7 Å². The van der Waals surface area contributed by atoms with Crippen LogP contribution in [0.25, 0.3) is 0 Å². The third-order valence-corrected chi connectivity index (χ3v) is 4.98. The van der Waals surface area contributed by atoms with E-state index < -0.39 is 0 Å². The Hall–Kier alpha value is -2.28. The molecule has 1 atom stereocenters. The highest BCUT2D eigenvalue weighted by molar-refractivity contribution is 7.99. The lowest BCUT2D eigenvalue weighted by molar-refractivity contribution is -0.116. The zero-order chi connectivity index (χ0) is 17.3. The zero-order valence-corrected chi connectivity index (χ0v) is 14.6. The predicted octanol–water partition coefficient (Wildman–Crippen LogP) is 2.38. The summed E-state index contributed by atoms with van der Waals surface area (Å²) >= 11 is 1.47. The number of amides is 1. The van der Waals surface area contributed by atoms with Gasteiger partial charge < -0.3 is 14.6 Å². The number of carbonyl (C=O) groups is 1. The summed E-state index contributed by atoms with van der Waals surface area (Å²) in [7, 11) is 3.41. The van der Waals surface area contributed by atoms with Gasteiger partial charge in [0.15, 0.2) is 5.16 Å². The van der Waals surface area contributed by atoms with Crippen LogP contribution in [0.4, 0.5) is 5.82 Å². The Bertz CT molecular complexity index is 847. The Morgan fingerprint density at radius 1 is 1.42 bits per heavy atom. The summed E-state index contributed by atoms with van der Waals surface area (Å²) < 4.78 is 7.05. The van der Waals surface area contributed by atoms with Crippen LogP contribution in [0.2, 0.25) is 0 Å². The molecule has 0 bridgehead atoms. The lowest BCUT2D eigenvalue weighted by Gasteiger charge is -2.27. The summed E-state index contributed by atoms with van der Waals surface area (Å²) in [4.78, 5) is 29.1. The number of methoxy groups -OCH3 is 1. The molecular formula is C17H19N3O3S. The molecule has 7 heteroatoms. The molecule has 1 N–H and O–H groups in total. The highest BCUT2D eigenvalue weighted by Crippen LogP contribution is 2.36. The summed E-state index contributed by atoms with van der Waals surface area (Å²) in [6, 6.07) is 7.47. The highest BCUT2D eigenvalue weighted by Gasteiger charge is 2.32. The van der Waals surface area contributed by atoms with Gasteiger partial charge in [0.1, 0.15) is 11.6 Å². The molecule has 0 spiro atoms. The molecule has 0 radical (unpaired) electrons. The van der Waals surface area contributed by atoms with E-state index in [1.165, 1.54) is 11.8 Å². The molecule has 2 heterocycles. The Morgan fingerprint density at radius 2 is 2.21 bits per heavy atom. The number of hydrogen-bond donors (Lipinski definition) is 1. The van der Waals surface area contributed by atoms with Crippen molar-refractivity contribution in [2.45, 2.75) is 24.4 Å². The maximum Gasteiger partial charge on any atom is 0.279 e. The van der Waals surface area contributed by atoms with Gasteiger partial charge in [-0.15, -0.1) is 0 Å². The van der Waals surface area contributed by atoms with Gasteiger partial charge in [0.05, 0.1) is 12.7 Å². The summed E-state index contributed by atoms with van der Waals surface area (Å²) in [5.74, 6) is 1.60. The predicted molar refractivity (Wildman–Crippen MR) is 94.0 cm³/mol. The van der Waals surface area contributed by atoms with Crippen LogP contribution in [0.15, 0.2) is 34.2 Å². The molecule has 0 fully saturated rings. The van der Waals surface area contributed by atoms with Gasteiger partial charge >= 0.3 is 0 Å². The van der Waals surface area contributed by atoms with Gasteiger partial charge in [-0.25, -0.2) is 0 Å². The number of nitrogens with one attached hydrogen (secondary N) is 1. The first-order valence-electron chi connectivity index (χ1n) is 7.72. The monoisotopic (exact) mass is 345 g/mol. The van der Waals surface area contributed by atoms with E-state index in [1.807, 2.05) is 38.2 Å². The van der Waals surface area contributed by atoms with Gasteiger partial charge in [-0.2, -0.15) is 4.98 Å². The molecule has 1 aromatic heterocycles. The van der Waals surface area contributed by atoms with Crippen molar-refractivity contribution in [2.75, 3.05) is 18.2 Å². The molecule has 2 aromatic rings. The van der Waals surface area contributed by atoms with E-state index in [-0.39, 0.29) is 23.8 Å². The fraction of sp³-hybridized carbons (Fsp3) is 0.353. The van der Waals surface area contributed by atoms with Crippen molar-refractivity contribution >= 4 is 23.5 Å². The average molecular weight is 345 g/mol. The summed E-state index contributed by atoms with van der Waals surface area (Å²) in [6.07, 6.45) is 0.220. The normalized spacial score (nSPS) is 16.5. The number of ether oxygens (including phenoxy) is 1. The molecule has 126 valence electrons. The van der Waals surface area contributed by atoms with Crippen LogP contribution < -0.4 is 15.6 Å². The molecule has 3 rings (SSSR count). The highest BCUT2D eigenvalue weighted by atomic mass is 32.2. The van der Waals surface area contributed by atoms with Crippen LogP contribution in [0.5, 0.6) is 5.75 Å². The van der Waals surface area contributed by atoms with E-state index in [4.69, 9.17) is 4.74 Å². The smallest absolute Gasteiger partial charge is 0.279 e. The van der Waals surface area contributed by atoms with Gasteiger partial charge in [-0.1, -0.05) is 30.8 Å². The maximum atomic E-state index is 12.6. The number of fused-ring (bicyclic) bond motifs is 1. The molecule has 0 aliphatic carbocycles. The molecular weight excluding hydrogens is 326 g/mol. The third-order valence-electron chi connectivity index (χ3n) is 4.07. The van der Waals surface area contributed by atoms with Crippen LogP contribution in [-0.4, -0.2) is 28.3 Å². The minimum absolute atomic E-state index is 0.107. The Labute approximate surface area is 144 Å². The number of carbonyl (C=O) groups excluding carboxylic acids is 1. The van der Waals surface area contributed by atoms with Crippen molar-refractivity contribution in [1.29, 1.82) is 0 Å². The van der Waals surface area contributed by atoms with Gasteiger partial charge in [0, 0.05) is 19.4 Å². The minimum atomic E-state index is -0.323. The number of hydrogen-bond acceptors (Lipinski definition) is 5. The molecule has 0 unspecified atom stereocenters. The van der Waals surface area contributed by atoms with Gasteiger partial charge in [0.2, 0.25) is 5.91 Å². The second-order valence-electron chi connectivity index (χ2n) is 5.54. The molecule has 1 aliphatic rings. The topological polar surface area (TPSA) is 73.2 Å². The Morgan fingerprint density at radius 3 is 2.92 bits per heavy atom. The van der Waals surface area contributed by atoms with E-state index in [0.29, 0.717) is 22.3 Å². The first-order valence-corrected chi connectivity index (χ1v) is 8.71. The van der Waals surface area contributed by atoms with Crippen LogP contribution in [0, 0.1) is 0 Å². The van der Waals surface area contributed by atoms with Crippen molar-refractivity contribution < 1.29 is 9.53 Å². The molecule has 0 saturated carbocycles. The first-order chi connectivity index (χ1) is 11.5. The number of thioether (sulfide) groups is 1. The molecule has 0 saturated heterocycles. The molecule has 1 aromatic carbocycles. The molecule has 1 aliphatic heterocycles. The number of rotatable bonds is 4. The molecule has 24 heavy (non-hydrogen) atoms. The number of anilines is 1. The minimum Gasteiger partial charge on any atom is -0.497 e. The Kier molecular flexibility index (Phi) is 4.62. The zero-order valence-electron chi connectivity index (χ0n) is 13.8. The number of nitrogens with zero attached hydrogens (tertiary/aromatic N) is 2. The van der Waals surface area contributed by atoms with Crippen molar-refractivity contribution in [1.82, 2.24) is 9.55 Å². The largest absolute Gasteiger partial charge is 0.497 e. The van der Waals surface area contributed by atoms with E-state index in [9.17, 15) is 9.59 Å². The fourth-order valence-corrected chi connectivity index (χ4v) is 3.63. The van der Waals surface area contributed by atoms with Gasteiger partial charge in [-0.05, 0) is 23.4 Å². The second kappa shape index (κ2) is 6.68. The van der Waals surface area contributed by atoms with E-state index in [0.717, 1.165) is 11.3 Å². The summed E-state index contributed by atoms with van der Waals surface area (Å²) in [5, 5.41) is 3.44. The SMILES string of the molecule is CCSc1nc(=O)c2c(n1C)NC(=O)C[C@@H]2c1cccc(OC)c1. The van der Waals surface area contributed by atoms with Crippen LogP contribution >= 0.6 is 11.8 Å². The lowest BCUT2D eigenvalue weighted by Crippen LogP contribution is -2.33. The van der Waals surface area contributed by atoms with Crippen LogP contribution in [0.3, 0.4) is 0 Å². The molecule has 6 nitrogen and oxygen atoms in total. The fourth-order valence-electron chi connectivity index (χ4n) is 2.94. The quantitative estimate of drug-likeness (QED) is 0.680. The van der Waals surface area contributed by atoms with E-state index in [2.05, 4.69) is 10.3 Å². The Balaban J connectivity index is 2.18. The third kappa shape index (κ3) is 2.91. The summed E-state index contributed by atoms with van der Waals surface area (Å²) in [6.45, 7) is 1.99. The van der Waals surface area contributed by atoms with Gasteiger partial charge in [-0.3, -0.25) is 9.59 Å². The van der Waals surface area contributed by atoms with Crippen molar-refractivity contribution in [3.63, 3.8) is 0 Å². The van der Waals surface area contributed by atoms with Crippen molar-refractivity contribution in [3.8, 4) is 5.75 Å². The number of aromatic nitrogens is 2. The van der Waals surface area contributed by atoms with Crippen LogP contribution in [0.1, 0.15) is 30.4 Å². The second-order valence-corrected chi connectivity index (χ2v) is 6.77. The standard InChI is InChI=1S/C17H19N3O3S/c1-4-24-17-19-16(22)14-12(9-13(21)18-15(14)20(17)2)10-6-5-7-11(8-10)23-3/h5-8,12H,4,9H2,1-3H3,(H,18,21)/t12-/m1/s1. The first kappa shape index (κ1) is 16.6. The maximum absolute atomic E-state index is 12.6.